The molecule has 0 aliphatic carbocycles. The van der Waals surface area contributed by atoms with Crippen LogP contribution in [0.25, 0.3) is 0 Å². The first-order chi connectivity index (χ1) is 5.08. The molecule has 0 fully saturated rings. The van der Waals surface area contributed by atoms with Crippen molar-refractivity contribution in [2.24, 2.45) is 5.41 Å². The predicted octanol–water partition coefficient (Wildman–Crippen LogP) is 1.58. The minimum Gasteiger partial charge on any atom is -0.312 e. The Morgan fingerprint density at radius 3 is 2.64 bits per heavy atom. The van der Waals surface area contributed by atoms with E-state index in [1.54, 1.807) is 0 Å². The third-order valence-electron chi connectivity index (χ3n) is 2.55. The molecule has 0 aromatic heterocycles. The molecule has 0 aromatic carbocycles. The van der Waals surface area contributed by atoms with E-state index in [0.717, 1.165) is 18.7 Å². The molecule has 0 saturated heterocycles. The van der Waals surface area contributed by atoms with Crippen molar-refractivity contribution in [3.63, 3.8) is 0 Å². The Hall–Kier alpha value is -0.630. The van der Waals surface area contributed by atoms with Crippen LogP contribution >= 0.6 is 0 Å². The van der Waals surface area contributed by atoms with Crippen LogP contribution in [0.2, 0.25) is 0 Å². The van der Waals surface area contributed by atoms with Gasteiger partial charge in [0.15, 0.2) is 0 Å². The third-order valence-corrected chi connectivity index (χ3v) is 2.55. The summed E-state index contributed by atoms with van der Waals surface area (Å²) in [6, 6.07) is 0. The lowest BCUT2D eigenvalue weighted by Crippen LogP contribution is -2.37. The maximum atomic E-state index is 7.18. The fourth-order valence-corrected chi connectivity index (χ4v) is 1.37. The summed E-state index contributed by atoms with van der Waals surface area (Å²) in [5.41, 5.74) is 2.72. The zero-order valence-electron chi connectivity index (χ0n) is 7.49. The van der Waals surface area contributed by atoms with Gasteiger partial charge in [0, 0.05) is 19.3 Å². The molecule has 1 heterocycles. The van der Waals surface area contributed by atoms with Crippen LogP contribution in [-0.2, 0) is 0 Å². The molecule has 1 aliphatic rings. The molecule has 2 heteroatoms. The van der Waals surface area contributed by atoms with Gasteiger partial charge in [0.25, 0.3) is 0 Å². The molecule has 11 heavy (non-hydrogen) atoms. The van der Waals surface area contributed by atoms with Crippen LogP contribution in [0.15, 0.2) is 11.1 Å². The highest BCUT2D eigenvalue weighted by atomic mass is 14.9. The highest BCUT2D eigenvalue weighted by Gasteiger charge is 2.25. The van der Waals surface area contributed by atoms with Crippen LogP contribution in [0, 0.1) is 10.8 Å². The van der Waals surface area contributed by atoms with E-state index >= 15 is 0 Å². The standard InChI is InChI=1S/C9H16N2/c1-7-8(4-10)5-11-6-9(7,2)3/h4,10-11H,5-6H2,1-3H3. The summed E-state index contributed by atoms with van der Waals surface area (Å²) in [6.45, 7) is 8.42. The van der Waals surface area contributed by atoms with Gasteiger partial charge in [0.05, 0.1) is 0 Å². The summed E-state index contributed by atoms with van der Waals surface area (Å²) >= 11 is 0. The van der Waals surface area contributed by atoms with Crippen molar-refractivity contribution < 1.29 is 0 Å². The fourth-order valence-electron chi connectivity index (χ4n) is 1.37. The van der Waals surface area contributed by atoms with E-state index in [1.165, 1.54) is 11.8 Å². The van der Waals surface area contributed by atoms with Gasteiger partial charge in [0.2, 0.25) is 0 Å². The SMILES string of the molecule is CC1=C(C=N)CNCC1(C)C. The average molecular weight is 152 g/mol. The molecular formula is C9H16N2. The first-order valence-corrected chi connectivity index (χ1v) is 3.99. The zero-order chi connectivity index (χ0) is 8.48. The van der Waals surface area contributed by atoms with Gasteiger partial charge in [-0.2, -0.15) is 0 Å². The molecule has 0 aromatic rings. The Morgan fingerprint density at radius 1 is 1.55 bits per heavy atom. The van der Waals surface area contributed by atoms with Crippen LogP contribution < -0.4 is 5.32 Å². The van der Waals surface area contributed by atoms with Gasteiger partial charge in [-0.25, -0.2) is 0 Å². The van der Waals surface area contributed by atoms with Gasteiger partial charge < -0.3 is 10.7 Å². The van der Waals surface area contributed by atoms with Gasteiger partial charge in [-0.05, 0) is 17.9 Å². The largest absolute Gasteiger partial charge is 0.312 e. The molecule has 0 unspecified atom stereocenters. The van der Waals surface area contributed by atoms with Crippen molar-refractivity contribution in [2.45, 2.75) is 20.8 Å². The van der Waals surface area contributed by atoms with Crippen LogP contribution in [0.5, 0.6) is 0 Å². The van der Waals surface area contributed by atoms with E-state index in [0.29, 0.717) is 0 Å². The monoisotopic (exact) mass is 152 g/mol. The molecule has 1 rings (SSSR count). The molecule has 2 N–H and O–H groups in total. The summed E-state index contributed by atoms with van der Waals surface area (Å²) in [6.07, 6.45) is 1.46. The lowest BCUT2D eigenvalue weighted by molar-refractivity contribution is 0.393. The summed E-state index contributed by atoms with van der Waals surface area (Å²) in [5.74, 6) is 0. The Bertz CT molecular complexity index is 202. The van der Waals surface area contributed by atoms with Crippen LogP contribution in [-0.4, -0.2) is 19.3 Å². The summed E-state index contributed by atoms with van der Waals surface area (Å²) < 4.78 is 0. The first-order valence-electron chi connectivity index (χ1n) is 3.99. The summed E-state index contributed by atoms with van der Waals surface area (Å²) in [5, 5.41) is 10.5. The van der Waals surface area contributed by atoms with E-state index in [9.17, 15) is 0 Å². The molecule has 0 atom stereocenters. The van der Waals surface area contributed by atoms with Crippen molar-refractivity contribution in [1.29, 1.82) is 5.41 Å². The van der Waals surface area contributed by atoms with Crippen molar-refractivity contribution in [2.75, 3.05) is 13.1 Å². The Morgan fingerprint density at radius 2 is 2.18 bits per heavy atom. The van der Waals surface area contributed by atoms with Crippen LogP contribution in [0.3, 0.4) is 0 Å². The first kappa shape index (κ1) is 8.47. The van der Waals surface area contributed by atoms with E-state index in [1.807, 2.05) is 0 Å². The number of rotatable bonds is 1. The van der Waals surface area contributed by atoms with Crippen molar-refractivity contribution in [3.05, 3.63) is 11.1 Å². The Balaban J connectivity index is 2.98. The van der Waals surface area contributed by atoms with Crippen molar-refractivity contribution in [1.82, 2.24) is 5.32 Å². The number of nitrogens with one attached hydrogen (secondary N) is 2. The molecule has 1 aliphatic heterocycles. The van der Waals surface area contributed by atoms with Gasteiger partial charge >= 0.3 is 0 Å². The van der Waals surface area contributed by atoms with Gasteiger partial charge in [-0.1, -0.05) is 19.4 Å². The Kier molecular flexibility index (Phi) is 2.14. The second-order valence-corrected chi connectivity index (χ2v) is 3.78. The minimum absolute atomic E-state index is 0.227. The topological polar surface area (TPSA) is 35.9 Å². The maximum absolute atomic E-state index is 7.18. The molecule has 62 valence electrons. The van der Waals surface area contributed by atoms with Gasteiger partial charge in [-0.3, -0.25) is 0 Å². The lowest BCUT2D eigenvalue weighted by atomic mass is 9.80. The highest BCUT2D eigenvalue weighted by molar-refractivity contribution is 5.78. The maximum Gasteiger partial charge on any atom is 0.0222 e. The number of hydrogen-bond acceptors (Lipinski definition) is 2. The summed E-state index contributed by atoms with van der Waals surface area (Å²) in [7, 11) is 0. The normalized spacial score (nSPS) is 23.5. The van der Waals surface area contributed by atoms with Crippen LogP contribution in [0.4, 0.5) is 0 Å². The molecule has 0 amide bonds. The van der Waals surface area contributed by atoms with E-state index in [4.69, 9.17) is 5.41 Å². The molecule has 0 bridgehead atoms. The predicted molar refractivity (Wildman–Crippen MR) is 48.1 cm³/mol. The minimum atomic E-state index is 0.227. The third kappa shape index (κ3) is 1.51. The lowest BCUT2D eigenvalue weighted by Gasteiger charge is -2.32. The molecule has 0 radical (unpaired) electrons. The number of hydrogen-bond donors (Lipinski definition) is 2. The second-order valence-electron chi connectivity index (χ2n) is 3.78. The average Bonchev–Trinajstić information content (AvgIpc) is 1.95. The molecular weight excluding hydrogens is 136 g/mol. The molecule has 0 saturated carbocycles. The quantitative estimate of drug-likeness (QED) is 0.550. The highest BCUT2D eigenvalue weighted by Crippen LogP contribution is 2.29. The molecule has 2 nitrogen and oxygen atoms in total. The molecule has 0 spiro atoms. The fraction of sp³-hybridized carbons (Fsp3) is 0.667. The van der Waals surface area contributed by atoms with E-state index in [-0.39, 0.29) is 5.41 Å². The second kappa shape index (κ2) is 2.78. The van der Waals surface area contributed by atoms with Gasteiger partial charge in [-0.15, -0.1) is 0 Å². The van der Waals surface area contributed by atoms with E-state index < -0.39 is 0 Å². The van der Waals surface area contributed by atoms with E-state index in [2.05, 4.69) is 26.1 Å². The zero-order valence-corrected chi connectivity index (χ0v) is 7.49. The van der Waals surface area contributed by atoms with Crippen LogP contribution in [0.1, 0.15) is 20.8 Å². The Labute approximate surface area is 68.2 Å². The smallest absolute Gasteiger partial charge is 0.0222 e. The van der Waals surface area contributed by atoms with Gasteiger partial charge in [0.1, 0.15) is 0 Å². The van der Waals surface area contributed by atoms with Crippen molar-refractivity contribution >= 4 is 6.21 Å². The summed E-state index contributed by atoms with van der Waals surface area (Å²) in [4.78, 5) is 0. The van der Waals surface area contributed by atoms with Crippen molar-refractivity contribution in [3.8, 4) is 0 Å².